The molecule has 2 aromatic carbocycles. The Morgan fingerprint density at radius 1 is 0.905 bits per heavy atom. The third-order valence-electron chi connectivity index (χ3n) is 4.07. The van der Waals surface area contributed by atoms with E-state index in [0.717, 1.165) is 31.9 Å². The van der Waals surface area contributed by atoms with E-state index in [1.54, 1.807) is 6.26 Å². The van der Waals surface area contributed by atoms with Crippen LogP contribution in [0, 0.1) is 0 Å². The quantitative estimate of drug-likeness (QED) is 0.710. The number of ether oxygens (including phenoxy) is 1. The first-order valence-corrected chi connectivity index (χ1v) is 7.30. The first-order chi connectivity index (χ1) is 10.4. The van der Waals surface area contributed by atoms with E-state index in [1.165, 1.54) is 22.0 Å². The van der Waals surface area contributed by atoms with Crippen LogP contribution >= 0.6 is 0 Å². The Balaban J connectivity index is 1.95. The summed E-state index contributed by atoms with van der Waals surface area (Å²) >= 11 is 0. The van der Waals surface area contributed by atoms with Gasteiger partial charge in [0.1, 0.15) is 0 Å². The van der Waals surface area contributed by atoms with Crippen LogP contribution in [0.3, 0.4) is 0 Å². The zero-order valence-corrected chi connectivity index (χ0v) is 11.8. The van der Waals surface area contributed by atoms with Gasteiger partial charge in [0.15, 0.2) is 0 Å². The van der Waals surface area contributed by atoms with E-state index < -0.39 is 0 Å². The van der Waals surface area contributed by atoms with Crippen LogP contribution in [0.15, 0.2) is 59.4 Å². The van der Waals surface area contributed by atoms with Crippen molar-refractivity contribution in [2.24, 2.45) is 0 Å². The Labute approximate surface area is 123 Å². The molecule has 0 unspecified atom stereocenters. The van der Waals surface area contributed by atoms with Crippen molar-refractivity contribution in [3.63, 3.8) is 0 Å². The maximum absolute atomic E-state index is 5.48. The fraction of sp³-hybridized carbons (Fsp3) is 0.222. The molecule has 1 fully saturated rings. The van der Waals surface area contributed by atoms with E-state index in [9.17, 15) is 0 Å². The van der Waals surface area contributed by atoms with E-state index in [4.69, 9.17) is 9.15 Å². The number of benzene rings is 2. The molecule has 21 heavy (non-hydrogen) atoms. The molecule has 0 spiro atoms. The molecule has 106 valence electrons. The molecule has 3 nitrogen and oxygen atoms in total. The van der Waals surface area contributed by atoms with Gasteiger partial charge in [-0.2, -0.15) is 0 Å². The van der Waals surface area contributed by atoms with Crippen molar-refractivity contribution in [2.75, 3.05) is 31.2 Å². The minimum atomic E-state index is 0.789. The van der Waals surface area contributed by atoms with Crippen molar-refractivity contribution in [2.45, 2.75) is 0 Å². The number of rotatable bonds is 2. The molecule has 1 saturated heterocycles. The van der Waals surface area contributed by atoms with Gasteiger partial charge in [0.2, 0.25) is 0 Å². The van der Waals surface area contributed by atoms with Crippen molar-refractivity contribution < 1.29 is 9.15 Å². The lowest BCUT2D eigenvalue weighted by molar-refractivity contribution is 0.123. The largest absolute Gasteiger partial charge is 0.472 e. The van der Waals surface area contributed by atoms with E-state index >= 15 is 0 Å². The molecule has 0 saturated carbocycles. The lowest BCUT2D eigenvalue weighted by Gasteiger charge is -2.31. The van der Waals surface area contributed by atoms with Gasteiger partial charge >= 0.3 is 0 Å². The van der Waals surface area contributed by atoms with Crippen molar-refractivity contribution >= 4 is 16.5 Å². The maximum atomic E-state index is 5.48. The van der Waals surface area contributed by atoms with Gasteiger partial charge in [-0.05, 0) is 22.9 Å². The van der Waals surface area contributed by atoms with Crippen LogP contribution in [0.4, 0.5) is 5.69 Å². The molecule has 3 aromatic rings. The molecular formula is C18H17NO2. The van der Waals surface area contributed by atoms with Crippen molar-refractivity contribution in [1.29, 1.82) is 0 Å². The smallest absolute Gasteiger partial charge is 0.0981 e. The van der Waals surface area contributed by atoms with Crippen LogP contribution < -0.4 is 4.90 Å². The molecule has 1 aromatic heterocycles. The molecule has 0 radical (unpaired) electrons. The summed E-state index contributed by atoms with van der Waals surface area (Å²) in [6.45, 7) is 3.45. The van der Waals surface area contributed by atoms with Crippen molar-refractivity contribution in [3.05, 3.63) is 55.0 Å². The second-order valence-corrected chi connectivity index (χ2v) is 5.29. The molecule has 3 heteroatoms. The summed E-state index contributed by atoms with van der Waals surface area (Å²) in [5.74, 6) is 0. The molecule has 4 rings (SSSR count). The summed E-state index contributed by atoms with van der Waals surface area (Å²) in [5.41, 5.74) is 3.65. The van der Waals surface area contributed by atoms with Crippen molar-refractivity contribution in [3.8, 4) is 11.1 Å². The predicted octanol–water partition coefficient (Wildman–Crippen LogP) is 3.94. The SMILES string of the molecule is c1ccc2c(-c3ccoc3)c(N3CCOCC3)ccc2c1. The summed E-state index contributed by atoms with van der Waals surface area (Å²) in [5, 5.41) is 2.52. The van der Waals surface area contributed by atoms with E-state index in [-0.39, 0.29) is 0 Å². The van der Waals surface area contributed by atoms with E-state index in [1.807, 2.05) is 12.3 Å². The first kappa shape index (κ1) is 12.5. The first-order valence-electron chi connectivity index (χ1n) is 7.30. The Morgan fingerprint density at radius 2 is 1.76 bits per heavy atom. The lowest BCUT2D eigenvalue weighted by atomic mass is 9.97. The zero-order valence-electron chi connectivity index (χ0n) is 11.8. The third-order valence-corrected chi connectivity index (χ3v) is 4.07. The average molecular weight is 279 g/mol. The topological polar surface area (TPSA) is 25.6 Å². The summed E-state index contributed by atoms with van der Waals surface area (Å²) in [7, 11) is 0. The Kier molecular flexibility index (Phi) is 3.13. The Bertz CT molecular complexity index is 743. The highest BCUT2D eigenvalue weighted by atomic mass is 16.5. The van der Waals surface area contributed by atoms with Crippen molar-refractivity contribution in [1.82, 2.24) is 0 Å². The zero-order chi connectivity index (χ0) is 14.1. The Hall–Kier alpha value is -2.26. The highest BCUT2D eigenvalue weighted by molar-refractivity contribution is 6.02. The number of anilines is 1. The van der Waals surface area contributed by atoms with Crippen LogP contribution in [-0.2, 0) is 4.74 Å². The average Bonchev–Trinajstić information content (AvgIpc) is 3.08. The van der Waals surface area contributed by atoms with Gasteiger partial charge in [-0.15, -0.1) is 0 Å². The molecule has 1 aliphatic heterocycles. The summed E-state index contributed by atoms with van der Waals surface area (Å²) in [4.78, 5) is 2.40. The molecule has 1 aliphatic rings. The summed E-state index contributed by atoms with van der Waals surface area (Å²) in [6.07, 6.45) is 3.56. The van der Waals surface area contributed by atoms with Crippen LogP contribution in [0.5, 0.6) is 0 Å². The van der Waals surface area contributed by atoms with E-state index in [2.05, 4.69) is 41.3 Å². The van der Waals surface area contributed by atoms with Gasteiger partial charge in [0, 0.05) is 29.9 Å². The highest BCUT2D eigenvalue weighted by Gasteiger charge is 2.18. The van der Waals surface area contributed by atoms with Crippen LogP contribution in [0.2, 0.25) is 0 Å². The lowest BCUT2D eigenvalue weighted by Crippen LogP contribution is -2.36. The number of nitrogens with zero attached hydrogens (tertiary/aromatic N) is 1. The fourth-order valence-corrected chi connectivity index (χ4v) is 3.04. The molecule has 0 atom stereocenters. The van der Waals surface area contributed by atoms with Crippen LogP contribution in [0.25, 0.3) is 21.9 Å². The monoisotopic (exact) mass is 279 g/mol. The highest BCUT2D eigenvalue weighted by Crippen LogP contribution is 2.38. The van der Waals surface area contributed by atoms with Crippen LogP contribution in [-0.4, -0.2) is 26.3 Å². The number of hydrogen-bond donors (Lipinski definition) is 0. The number of fused-ring (bicyclic) bond motifs is 1. The molecule has 0 amide bonds. The van der Waals surface area contributed by atoms with Gasteiger partial charge in [-0.3, -0.25) is 0 Å². The second-order valence-electron chi connectivity index (χ2n) is 5.29. The summed E-state index contributed by atoms with van der Waals surface area (Å²) < 4.78 is 10.8. The van der Waals surface area contributed by atoms with E-state index in [0.29, 0.717) is 0 Å². The third kappa shape index (κ3) is 2.20. The predicted molar refractivity (Wildman–Crippen MR) is 84.7 cm³/mol. The molecule has 0 N–H and O–H groups in total. The molecule has 0 bridgehead atoms. The van der Waals surface area contributed by atoms with Gasteiger partial charge in [-0.1, -0.05) is 30.3 Å². The Morgan fingerprint density at radius 3 is 2.57 bits per heavy atom. The van der Waals surface area contributed by atoms with Crippen LogP contribution in [0.1, 0.15) is 0 Å². The second kappa shape index (κ2) is 5.26. The number of furan rings is 1. The minimum Gasteiger partial charge on any atom is -0.472 e. The number of morpholine rings is 1. The summed E-state index contributed by atoms with van der Waals surface area (Å²) in [6, 6.07) is 15.0. The van der Waals surface area contributed by atoms with Gasteiger partial charge < -0.3 is 14.1 Å². The molecular weight excluding hydrogens is 262 g/mol. The van der Waals surface area contributed by atoms with Gasteiger partial charge in [0.25, 0.3) is 0 Å². The standard InChI is InChI=1S/C18H17NO2/c1-2-4-16-14(3-1)5-6-17(19-8-11-20-12-9-19)18(16)15-7-10-21-13-15/h1-7,10,13H,8-9,11-12H2. The molecule has 0 aliphatic carbocycles. The molecule has 2 heterocycles. The fourth-order valence-electron chi connectivity index (χ4n) is 3.04. The number of hydrogen-bond acceptors (Lipinski definition) is 3. The van der Waals surface area contributed by atoms with Gasteiger partial charge in [0.05, 0.1) is 25.7 Å². The minimum absolute atomic E-state index is 0.789. The van der Waals surface area contributed by atoms with Gasteiger partial charge in [-0.25, -0.2) is 0 Å². The normalized spacial score (nSPS) is 15.5. The maximum Gasteiger partial charge on any atom is 0.0981 e.